The molecule has 0 aromatic heterocycles. The summed E-state index contributed by atoms with van der Waals surface area (Å²) in [5.74, 6) is -1.95. The molecule has 17 heavy (non-hydrogen) atoms. The van der Waals surface area contributed by atoms with Crippen molar-refractivity contribution in [3.8, 4) is 0 Å². The van der Waals surface area contributed by atoms with Gasteiger partial charge in [-0.25, -0.2) is 4.79 Å². The highest BCUT2D eigenvalue weighted by Gasteiger charge is 2.51. The first-order chi connectivity index (χ1) is 8.01. The fourth-order valence-corrected chi connectivity index (χ4v) is 2.87. The van der Waals surface area contributed by atoms with Crippen molar-refractivity contribution in [1.82, 2.24) is 10.6 Å². The second-order valence-corrected chi connectivity index (χ2v) is 4.96. The molecule has 1 saturated carbocycles. The maximum atomic E-state index is 11.4. The molecule has 1 atom stereocenters. The van der Waals surface area contributed by atoms with E-state index in [0.29, 0.717) is 25.8 Å². The molecule has 0 bridgehead atoms. The summed E-state index contributed by atoms with van der Waals surface area (Å²) >= 11 is 0. The third-order valence-electron chi connectivity index (χ3n) is 3.84. The Hall–Kier alpha value is -1.14. The Morgan fingerprint density at radius 2 is 1.65 bits per heavy atom. The van der Waals surface area contributed by atoms with Crippen molar-refractivity contribution < 1.29 is 19.8 Å². The van der Waals surface area contributed by atoms with Crippen LogP contribution in [-0.2, 0) is 9.59 Å². The summed E-state index contributed by atoms with van der Waals surface area (Å²) < 4.78 is 0. The highest BCUT2D eigenvalue weighted by Crippen LogP contribution is 2.33. The lowest BCUT2D eigenvalue weighted by atomic mass is 9.93. The van der Waals surface area contributed by atoms with E-state index < -0.39 is 23.1 Å². The third kappa shape index (κ3) is 2.02. The van der Waals surface area contributed by atoms with Gasteiger partial charge in [0, 0.05) is 0 Å². The molecule has 1 aliphatic carbocycles. The molecule has 2 rings (SSSR count). The molecule has 2 fully saturated rings. The maximum Gasteiger partial charge on any atom is 0.338 e. The van der Waals surface area contributed by atoms with Gasteiger partial charge in [0.2, 0.25) is 0 Å². The number of hydrogen-bond acceptors (Lipinski definition) is 4. The molecule has 0 aromatic rings. The summed E-state index contributed by atoms with van der Waals surface area (Å²) in [5.41, 5.74) is -2.33. The molecule has 0 radical (unpaired) electrons. The average molecular weight is 242 g/mol. The maximum absolute atomic E-state index is 11.4. The summed E-state index contributed by atoms with van der Waals surface area (Å²) in [6.45, 7) is 0.606. The molecule has 0 aromatic carbocycles. The zero-order valence-corrected chi connectivity index (χ0v) is 9.66. The van der Waals surface area contributed by atoms with Crippen LogP contribution in [0.3, 0.4) is 0 Å². The molecule has 6 nitrogen and oxygen atoms in total. The normalized spacial score (nSPS) is 31.5. The van der Waals surface area contributed by atoms with Crippen LogP contribution in [0, 0.1) is 0 Å². The van der Waals surface area contributed by atoms with Gasteiger partial charge in [0.1, 0.15) is 5.54 Å². The predicted molar refractivity (Wildman–Crippen MR) is 59.6 cm³/mol. The highest BCUT2D eigenvalue weighted by atomic mass is 16.4. The zero-order valence-electron chi connectivity index (χ0n) is 9.66. The van der Waals surface area contributed by atoms with E-state index in [2.05, 4.69) is 10.6 Å². The molecular formula is C11H18N2O4. The van der Waals surface area contributed by atoms with Gasteiger partial charge < -0.3 is 10.2 Å². The van der Waals surface area contributed by atoms with Crippen LogP contribution < -0.4 is 10.6 Å². The largest absolute Gasteiger partial charge is 0.480 e. The first-order valence-corrected chi connectivity index (χ1v) is 6.02. The Morgan fingerprint density at radius 1 is 1.00 bits per heavy atom. The number of carboxylic acid groups (broad SMARTS) is 2. The van der Waals surface area contributed by atoms with Gasteiger partial charge in [-0.15, -0.1) is 0 Å². The minimum Gasteiger partial charge on any atom is -0.480 e. The topological polar surface area (TPSA) is 98.7 Å². The quantitative estimate of drug-likeness (QED) is 0.559. The van der Waals surface area contributed by atoms with Crippen molar-refractivity contribution in [1.29, 1.82) is 0 Å². The molecule has 0 spiro atoms. The fourth-order valence-electron chi connectivity index (χ4n) is 2.87. The molecule has 0 amide bonds. The Balaban J connectivity index is 2.22. The van der Waals surface area contributed by atoms with E-state index in [9.17, 15) is 19.8 Å². The van der Waals surface area contributed by atoms with Crippen LogP contribution in [0.4, 0.5) is 0 Å². The van der Waals surface area contributed by atoms with Crippen LogP contribution in [0.2, 0.25) is 0 Å². The van der Waals surface area contributed by atoms with E-state index in [-0.39, 0.29) is 0 Å². The Labute approximate surface area is 99.4 Å². The van der Waals surface area contributed by atoms with Crippen molar-refractivity contribution in [3.63, 3.8) is 0 Å². The second-order valence-electron chi connectivity index (χ2n) is 4.96. The van der Waals surface area contributed by atoms with Gasteiger partial charge in [-0.2, -0.15) is 0 Å². The Bertz CT molecular complexity index is 298. The number of aliphatic carboxylic acids is 2. The standard InChI is InChI=1S/C11H18N2O4/c14-8(15)10(4-1-2-5-10)13-11(9(16)17)6-3-7-12-11/h12-13H,1-7H2,(H,14,15)(H,16,17)/t11-/m0/s1. The van der Waals surface area contributed by atoms with Gasteiger partial charge in [-0.3, -0.25) is 15.4 Å². The predicted octanol–water partition coefficient (Wildman–Crippen LogP) is 0.138. The third-order valence-corrected chi connectivity index (χ3v) is 3.84. The molecule has 2 aliphatic rings. The fraction of sp³-hybridized carbons (Fsp3) is 0.818. The summed E-state index contributed by atoms with van der Waals surface area (Å²) in [6, 6.07) is 0. The van der Waals surface area contributed by atoms with Crippen LogP contribution in [0.25, 0.3) is 0 Å². The van der Waals surface area contributed by atoms with E-state index in [4.69, 9.17) is 0 Å². The van der Waals surface area contributed by atoms with E-state index in [0.717, 1.165) is 19.3 Å². The smallest absolute Gasteiger partial charge is 0.338 e. The lowest BCUT2D eigenvalue weighted by molar-refractivity contribution is -0.152. The van der Waals surface area contributed by atoms with Gasteiger partial charge in [-0.05, 0) is 32.2 Å². The Kier molecular flexibility index (Phi) is 3.09. The number of hydrogen-bond donors (Lipinski definition) is 4. The first kappa shape index (κ1) is 12.3. The molecule has 96 valence electrons. The minimum absolute atomic E-state index is 0.428. The molecule has 1 aliphatic heterocycles. The number of nitrogens with one attached hydrogen (secondary N) is 2. The first-order valence-electron chi connectivity index (χ1n) is 6.02. The van der Waals surface area contributed by atoms with Gasteiger partial charge in [0.25, 0.3) is 0 Å². The lowest BCUT2D eigenvalue weighted by Crippen LogP contribution is -2.68. The second kappa shape index (κ2) is 4.27. The summed E-state index contributed by atoms with van der Waals surface area (Å²) in [4.78, 5) is 22.8. The summed E-state index contributed by atoms with van der Waals surface area (Å²) in [6.07, 6.45) is 3.83. The monoisotopic (exact) mass is 242 g/mol. The van der Waals surface area contributed by atoms with E-state index in [1.807, 2.05) is 0 Å². The number of carboxylic acids is 2. The van der Waals surface area contributed by atoms with Crippen LogP contribution in [-0.4, -0.2) is 39.9 Å². The summed E-state index contributed by atoms with van der Waals surface area (Å²) in [5, 5.41) is 24.4. The van der Waals surface area contributed by atoms with Crippen molar-refractivity contribution in [2.45, 2.75) is 49.7 Å². The van der Waals surface area contributed by atoms with Crippen molar-refractivity contribution in [2.24, 2.45) is 0 Å². The molecule has 1 saturated heterocycles. The molecule has 4 N–H and O–H groups in total. The number of carbonyl (C=O) groups is 2. The van der Waals surface area contributed by atoms with Gasteiger partial charge in [0.15, 0.2) is 5.66 Å². The molecular weight excluding hydrogens is 224 g/mol. The van der Waals surface area contributed by atoms with Crippen LogP contribution in [0.15, 0.2) is 0 Å². The zero-order chi connectivity index (χ0) is 12.5. The SMILES string of the molecule is O=C(O)C1(N[C@]2(C(=O)O)CCCN2)CCCC1. The molecule has 1 heterocycles. The van der Waals surface area contributed by atoms with Crippen LogP contribution in [0.1, 0.15) is 38.5 Å². The number of rotatable bonds is 4. The van der Waals surface area contributed by atoms with E-state index in [1.165, 1.54) is 0 Å². The van der Waals surface area contributed by atoms with E-state index >= 15 is 0 Å². The van der Waals surface area contributed by atoms with Crippen LogP contribution in [0.5, 0.6) is 0 Å². The van der Waals surface area contributed by atoms with Gasteiger partial charge in [-0.1, -0.05) is 12.8 Å². The van der Waals surface area contributed by atoms with Gasteiger partial charge >= 0.3 is 11.9 Å². The average Bonchev–Trinajstić information content (AvgIpc) is 2.88. The minimum atomic E-state index is -1.26. The molecule has 6 heteroatoms. The van der Waals surface area contributed by atoms with Crippen molar-refractivity contribution in [2.75, 3.05) is 6.54 Å². The van der Waals surface area contributed by atoms with Crippen molar-refractivity contribution in [3.05, 3.63) is 0 Å². The van der Waals surface area contributed by atoms with E-state index in [1.54, 1.807) is 0 Å². The highest BCUT2D eigenvalue weighted by molar-refractivity contribution is 5.83. The van der Waals surface area contributed by atoms with Crippen molar-refractivity contribution >= 4 is 11.9 Å². The molecule has 0 unspecified atom stereocenters. The van der Waals surface area contributed by atoms with Gasteiger partial charge in [0.05, 0.1) is 0 Å². The Morgan fingerprint density at radius 3 is 2.06 bits per heavy atom. The lowest BCUT2D eigenvalue weighted by Gasteiger charge is -2.36. The van der Waals surface area contributed by atoms with Crippen LogP contribution >= 0.6 is 0 Å². The summed E-state index contributed by atoms with van der Waals surface area (Å²) in [7, 11) is 0.